The van der Waals surface area contributed by atoms with E-state index in [9.17, 15) is 4.79 Å². The van der Waals surface area contributed by atoms with Gasteiger partial charge in [0.2, 0.25) is 0 Å². The SMILES string of the molecule is Cc1ccsc1CNC(=O)c1ccccc1C#CCN. The molecule has 1 aromatic carbocycles. The first-order valence-electron chi connectivity index (χ1n) is 6.31. The van der Waals surface area contributed by atoms with Crippen LogP contribution in [0.4, 0.5) is 0 Å². The molecule has 0 aliphatic carbocycles. The lowest BCUT2D eigenvalue weighted by molar-refractivity contribution is 0.0951. The molecule has 0 bridgehead atoms. The van der Waals surface area contributed by atoms with Gasteiger partial charge in [0.15, 0.2) is 0 Å². The number of aryl methyl sites for hydroxylation is 1. The average Bonchev–Trinajstić information content (AvgIpc) is 2.88. The first kappa shape index (κ1) is 14.3. The van der Waals surface area contributed by atoms with Crippen LogP contribution in [-0.2, 0) is 6.54 Å². The maximum atomic E-state index is 12.2. The molecule has 102 valence electrons. The van der Waals surface area contributed by atoms with E-state index >= 15 is 0 Å². The fraction of sp³-hybridized carbons (Fsp3) is 0.188. The van der Waals surface area contributed by atoms with Crippen molar-refractivity contribution in [2.45, 2.75) is 13.5 Å². The maximum Gasteiger partial charge on any atom is 0.252 e. The van der Waals surface area contributed by atoms with E-state index in [0.717, 1.165) is 0 Å². The molecule has 0 aliphatic rings. The summed E-state index contributed by atoms with van der Waals surface area (Å²) in [5.74, 6) is 5.59. The molecule has 3 nitrogen and oxygen atoms in total. The molecule has 0 saturated carbocycles. The topological polar surface area (TPSA) is 55.1 Å². The molecule has 0 radical (unpaired) electrons. The molecule has 0 unspecified atom stereocenters. The lowest BCUT2D eigenvalue weighted by Crippen LogP contribution is -2.23. The predicted octanol–water partition coefficient (Wildman–Crippen LogP) is 2.30. The lowest BCUT2D eigenvalue weighted by Gasteiger charge is -2.06. The number of benzene rings is 1. The average molecular weight is 284 g/mol. The Hall–Kier alpha value is -2.09. The van der Waals surface area contributed by atoms with Crippen LogP contribution in [0.3, 0.4) is 0 Å². The van der Waals surface area contributed by atoms with Gasteiger partial charge in [-0.05, 0) is 36.1 Å². The molecule has 0 fully saturated rings. The molecule has 4 heteroatoms. The smallest absolute Gasteiger partial charge is 0.252 e. The quantitative estimate of drug-likeness (QED) is 0.850. The second kappa shape index (κ2) is 6.90. The molecule has 3 N–H and O–H groups in total. The Balaban J connectivity index is 2.11. The molecule has 1 heterocycles. The number of hydrogen-bond donors (Lipinski definition) is 2. The number of amides is 1. The zero-order valence-corrected chi connectivity index (χ0v) is 12.1. The van der Waals surface area contributed by atoms with E-state index < -0.39 is 0 Å². The summed E-state index contributed by atoms with van der Waals surface area (Å²) in [6, 6.07) is 9.34. The van der Waals surface area contributed by atoms with Crippen LogP contribution in [0.5, 0.6) is 0 Å². The van der Waals surface area contributed by atoms with E-state index in [1.54, 1.807) is 17.4 Å². The van der Waals surface area contributed by atoms with Gasteiger partial charge >= 0.3 is 0 Å². The Kier molecular flexibility index (Phi) is 4.94. The zero-order chi connectivity index (χ0) is 14.4. The highest BCUT2D eigenvalue weighted by molar-refractivity contribution is 7.10. The third kappa shape index (κ3) is 3.47. The first-order valence-corrected chi connectivity index (χ1v) is 7.19. The number of nitrogens with two attached hydrogens (primary N) is 1. The van der Waals surface area contributed by atoms with Gasteiger partial charge in [-0.1, -0.05) is 24.0 Å². The first-order chi connectivity index (χ1) is 9.72. The summed E-state index contributed by atoms with van der Waals surface area (Å²) in [6.07, 6.45) is 0. The van der Waals surface area contributed by atoms with Gasteiger partial charge in [0.1, 0.15) is 0 Å². The Morgan fingerprint density at radius 1 is 1.35 bits per heavy atom. The molecular weight excluding hydrogens is 268 g/mol. The van der Waals surface area contributed by atoms with Gasteiger partial charge in [-0.2, -0.15) is 0 Å². The third-order valence-corrected chi connectivity index (χ3v) is 3.90. The molecule has 0 spiro atoms. The minimum absolute atomic E-state index is 0.111. The Bertz CT molecular complexity index is 664. The highest BCUT2D eigenvalue weighted by Gasteiger charge is 2.10. The number of hydrogen-bond acceptors (Lipinski definition) is 3. The molecule has 0 atom stereocenters. The van der Waals surface area contributed by atoms with Crippen LogP contribution in [0, 0.1) is 18.8 Å². The molecule has 0 aliphatic heterocycles. The second-order valence-electron chi connectivity index (χ2n) is 4.26. The van der Waals surface area contributed by atoms with Crippen LogP contribution in [0.15, 0.2) is 35.7 Å². The van der Waals surface area contributed by atoms with E-state index in [1.807, 2.05) is 36.6 Å². The van der Waals surface area contributed by atoms with Crippen LogP contribution in [0.25, 0.3) is 0 Å². The van der Waals surface area contributed by atoms with Crippen molar-refractivity contribution >= 4 is 17.2 Å². The minimum atomic E-state index is -0.111. The van der Waals surface area contributed by atoms with Crippen molar-refractivity contribution < 1.29 is 4.79 Å². The van der Waals surface area contributed by atoms with Crippen molar-refractivity contribution in [2.24, 2.45) is 5.73 Å². The van der Waals surface area contributed by atoms with E-state index in [2.05, 4.69) is 17.2 Å². The van der Waals surface area contributed by atoms with Gasteiger partial charge in [0.25, 0.3) is 5.91 Å². The van der Waals surface area contributed by atoms with Gasteiger partial charge < -0.3 is 11.1 Å². The lowest BCUT2D eigenvalue weighted by atomic mass is 10.1. The van der Waals surface area contributed by atoms with Crippen molar-refractivity contribution in [1.82, 2.24) is 5.32 Å². The van der Waals surface area contributed by atoms with E-state index in [-0.39, 0.29) is 12.5 Å². The van der Waals surface area contributed by atoms with E-state index in [4.69, 9.17) is 5.73 Å². The summed E-state index contributed by atoms with van der Waals surface area (Å²) in [4.78, 5) is 13.4. The molecule has 0 saturated heterocycles. The summed E-state index contributed by atoms with van der Waals surface area (Å²) < 4.78 is 0. The van der Waals surface area contributed by atoms with Gasteiger partial charge in [0, 0.05) is 10.4 Å². The highest BCUT2D eigenvalue weighted by atomic mass is 32.1. The van der Waals surface area contributed by atoms with Crippen molar-refractivity contribution in [3.63, 3.8) is 0 Å². The van der Waals surface area contributed by atoms with Crippen LogP contribution < -0.4 is 11.1 Å². The van der Waals surface area contributed by atoms with Gasteiger partial charge in [-0.3, -0.25) is 4.79 Å². The van der Waals surface area contributed by atoms with Gasteiger partial charge in [-0.25, -0.2) is 0 Å². The monoisotopic (exact) mass is 284 g/mol. The number of carbonyl (C=O) groups excluding carboxylic acids is 1. The molecule has 2 aromatic rings. The van der Waals surface area contributed by atoms with Crippen LogP contribution in [0.2, 0.25) is 0 Å². The maximum absolute atomic E-state index is 12.2. The minimum Gasteiger partial charge on any atom is -0.347 e. The number of thiophene rings is 1. The van der Waals surface area contributed by atoms with Crippen molar-refractivity contribution in [1.29, 1.82) is 0 Å². The number of rotatable bonds is 3. The summed E-state index contributed by atoms with van der Waals surface area (Å²) >= 11 is 1.65. The second-order valence-corrected chi connectivity index (χ2v) is 5.26. The van der Waals surface area contributed by atoms with Crippen molar-refractivity contribution in [3.8, 4) is 11.8 Å². The van der Waals surface area contributed by atoms with Crippen LogP contribution in [0.1, 0.15) is 26.4 Å². The fourth-order valence-electron chi connectivity index (χ4n) is 1.78. The van der Waals surface area contributed by atoms with Crippen LogP contribution in [-0.4, -0.2) is 12.5 Å². The van der Waals surface area contributed by atoms with Crippen molar-refractivity contribution in [3.05, 3.63) is 57.3 Å². The summed E-state index contributed by atoms with van der Waals surface area (Å²) in [5.41, 5.74) is 7.86. The molecule has 1 amide bonds. The summed E-state index contributed by atoms with van der Waals surface area (Å²) in [6.45, 7) is 2.87. The van der Waals surface area contributed by atoms with E-state index in [1.165, 1.54) is 10.4 Å². The third-order valence-electron chi connectivity index (χ3n) is 2.87. The fourth-order valence-corrected chi connectivity index (χ4v) is 2.62. The molecule has 20 heavy (non-hydrogen) atoms. The standard InChI is InChI=1S/C16H16N2OS/c1-12-8-10-20-15(12)11-18-16(19)14-7-3-2-5-13(14)6-4-9-17/h2-3,5,7-8,10H,9,11,17H2,1H3,(H,18,19). The van der Waals surface area contributed by atoms with Gasteiger partial charge in [-0.15, -0.1) is 11.3 Å². The van der Waals surface area contributed by atoms with Crippen molar-refractivity contribution in [2.75, 3.05) is 6.54 Å². The number of nitrogens with one attached hydrogen (secondary N) is 1. The summed E-state index contributed by atoms with van der Waals surface area (Å²) in [5, 5.41) is 4.96. The Labute approximate surface area is 122 Å². The summed E-state index contributed by atoms with van der Waals surface area (Å²) in [7, 11) is 0. The zero-order valence-electron chi connectivity index (χ0n) is 11.3. The normalized spacial score (nSPS) is 9.70. The highest BCUT2D eigenvalue weighted by Crippen LogP contribution is 2.15. The molecular formula is C16H16N2OS. The molecule has 1 aromatic heterocycles. The van der Waals surface area contributed by atoms with E-state index in [0.29, 0.717) is 17.7 Å². The van der Waals surface area contributed by atoms with Crippen LogP contribution >= 0.6 is 11.3 Å². The Morgan fingerprint density at radius 3 is 2.85 bits per heavy atom. The number of carbonyl (C=O) groups is 1. The largest absolute Gasteiger partial charge is 0.347 e. The van der Waals surface area contributed by atoms with Gasteiger partial charge in [0.05, 0.1) is 18.7 Å². The molecule has 2 rings (SSSR count). The predicted molar refractivity (Wildman–Crippen MR) is 82.6 cm³/mol. The Morgan fingerprint density at radius 2 is 2.15 bits per heavy atom.